The largest absolute Gasteiger partial charge is 0.478 e. The van der Waals surface area contributed by atoms with Crippen LogP contribution in [0.15, 0.2) is 18.2 Å². The molecule has 7 nitrogen and oxygen atoms in total. The number of carboxylic acid groups (broad SMARTS) is 1. The van der Waals surface area contributed by atoms with Crippen LogP contribution < -0.4 is 10.6 Å². The van der Waals surface area contributed by atoms with Crippen molar-refractivity contribution in [3.63, 3.8) is 0 Å². The van der Waals surface area contributed by atoms with E-state index in [0.29, 0.717) is 30.8 Å². The number of amides is 3. The minimum atomic E-state index is -1.04. The van der Waals surface area contributed by atoms with E-state index in [9.17, 15) is 14.4 Å². The Bertz CT molecular complexity index is 586. The molecule has 1 aliphatic rings. The van der Waals surface area contributed by atoms with E-state index in [-0.39, 0.29) is 18.0 Å². The maximum Gasteiger partial charge on any atom is 0.336 e. The van der Waals surface area contributed by atoms with Crippen LogP contribution in [0.2, 0.25) is 0 Å². The van der Waals surface area contributed by atoms with Crippen molar-refractivity contribution in [1.29, 1.82) is 0 Å². The van der Waals surface area contributed by atoms with E-state index in [2.05, 4.69) is 10.6 Å². The lowest BCUT2D eigenvalue weighted by Gasteiger charge is -2.20. The predicted molar refractivity (Wildman–Crippen MR) is 76.4 cm³/mol. The Morgan fingerprint density at radius 1 is 1.38 bits per heavy atom. The second kappa shape index (κ2) is 6.25. The van der Waals surface area contributed by atoms with Crippen LogP contribution in [0.3, 0.4) is 0 Å². The maximum absolute atomic E-state index is 12.2. The van der Waals surface area contributed by atoms with Crippen molar-refractivity contribution in [1.82, 2.24) is 10.2 Å². The molecule has 3 amide bonds. The molecule has 0 spiro atoms. The van der Waals surface area contributed by atoms with E-state index in [0.717, 1.165) is 0 Å². The van der Waals surface area contributed by atoms with Crippen LogP contribution in [0.4, 0.5) is 10.5 Å². The maximum atomic E-state index is 12.2. The number of hydrogen-bond donors (Lipinski definition) is 3. The number of carbonyl (C=O) groups is 3. The number of carboxylic acids is 1. The van der Waals surface area contributed by atoms with E-state index in [1.807, 2.05) is 0 Å². The van der Waals surface area contributed by atoms with Gasteiger partial charge >= 0.3 is 12.0 Å². The Kier molecular flexibility index (Phi) is 4.42. The fourth-order valence-electron chi connectivity index (χ4n) is 2.18. The number of hydrogen-bond acceptors (Lipinski definition) is 3. The van der Waals surface area contributed by atoms with Crippen LogP contribution in [0, 0.1) is 6.92 Å². The molecule has 0 saturated carbocycles. The number of anilines is 1. The lowest BCUT2D eigenvalue weighted by molar-refractivity contribution is -0.120. The Hall–Kier alpha value is -2.57. The molecule has 0 aromatic heterocycles. The first-order chi connectivity index (χ1) is 9.99. The first kappa shape index (κ1) is 14.8. The highest BCUT2D eigenvalue weighted by Crippen LogP contribution is 2.19. The van der Waals surface area contributed by atoms with Crippen molar-refractivity contribution >= 4 is 23.6 Å². The lowest BCUT2D eigenvalue weighted by atomic mass is 10.1. The second-order valence-electron chi connectivity index (χ2n) is 4.84. The van der Waals surface area contributed by atoms with Crippen LogP contribution in [-0.4, -0.2) is 47.5 Å². The van der Waals surface area contributed by atoms with Crippen molar-refractivity contribution in [2.75, 3.05) is 25.0 Å². The van der Waals surface area contributed by atoms with Gasteiger partial charge in [-0.05, 0) is 31.0 Å². The fourth-order valence-corrected chi connectivity index (χ4v) is 2.18. The summed E-state index contributed by atoms with van der Waals surface area (Å²) in [5.41, 5.74) is 1.06. The summed E-state index contributed by atoms with van der Waals surface area (Å²) in [6.07, 6.45) is 0.688. The first-order valence-corrected chi connectivity index (χ1v) is 6.64. The third-order valence-corrected chi connectivity index (χ3v) is 3.35. The van der Waals surface area contributed by atoms with Gasteiger partial charge in [0.2, 0.25) is 5.91 Å². The predicted octanol–water partition coefficient (Wildman–Crippen LogP) is 1.05. The van der Waals surface area contributed by atoms with Gasteiger partial charge in [-0.1, -0.05) is 6.07 Å². The molecular weight excluding hydrogens is 274 g/mol. The van der Waals surface area contributed by atoms with Gasteiger partial charge in [-0.15, -0.1) is 0 Å². The molecule has 0 atom stereocenters. The van der Waals surface area contributed by atoms with E-state index in [1.165, 1.54) is 11.0 Å². The average molecular weight is 291 g/mol. The zero-order chi connectivity index (χ0) is 15.4. The Balaban J connectivity index is 2.14. The van der Waals surface area contributed by atoms with Gasteiger partial charge in [0, 0.05) is 18.8 Å². The minimum Gasteiger partial charge on any atom is -0.478 e. The number of nitrogens with zero attached hydrogens (tertiary/aromatic N) is 1. The van der Waals surface area contributed by atoms with Gasteiger partial charge in [0.15, 0.2) is 0 Å². The Morgan fingerprint density at radius 2 is 2.14 bits per heavy atom. The molecule has 0 aliphatic carbocycles. The molecule has 1 aromatic carbocycles. The van der Waals surface area contributed by atoms with Crippen molar-refractivity contribution in [3.05, 3.63) is 29.3 Å². The Morgan fingerprint density at radius 3 is 2.86 bits per heavy atom. The smallest absolute Gasteiger partial charge is 0.336 e. The van der Waals surface area contributed by atoms with Crippen molar-refractivity contribution < 1.29 is 19.5 Å². The quantitative estimate of drug-likeness (QED) is 0.758. The number of aromatic carboxylic acids is 1. The fraction of sp³-hybridized carbons (Fsp3) is 0.357. The zero-order valence-corrected chi connectivity index (χ0v) is 11.7. The van der Waals surface area contributed by atoms with E-state index >= 15 is 0 Å². The van der Waals surface area contributed by atoms with Crippen molar-refractivity contribution in [2.45, 2.75) is 13.3 Å². The van der Waals surface area contributed by atoms with Crippen LogP contribution in [0.25, 0.3) is 0 Å². The van der Waals surface area contributed by atoms with E-state index in [1.54, 1.807) is 19.1 Å². The van der Waals surface area contributed by atoms with Crippen molar-refractivity contribution in [2.24, 2.45) is 0 Å². The van der Waals surface area contributed by atoms with Gasteiger partial charge in [0.1, 0.15) is 6.54 Å². The van der Waals surface area contributed by atoms with Crippen molar-refractivity contribution in [3.8, 4) is 0 Å². The summed E-state index contributed by atoms with van der Waals surface area (Å²) in [5, 5.41) is 14.4. The standard InChI is InChI=1S/C14H17N3O4/c1-9-10(13(19)20)4-2-5-11(9)16-14(21)17-7-3-6-15-12(18)8-17/h2,4-5H,3,6-8H2,1H3,(H,15,18)(H,16,21)(H,19,20). The van der Waals surface area contributed by atoms with Crippen LogP contribution >= 0.6 is 0 Å². The molecule has 2 rings (SSSR count). The van der Waals surface area contributed by atoms with Gasteiger partial charge in [0.05, 0.1) is 5.56 Å². The Labute approximate surface area is 121 Å². The SMILES string of the molecule is Cc1c(NC(=O)N2CCCNC(=O)C2)cccc1C(=O)O. The molecule has 3 N–H and O–H groups in total. The summed E-state index contributed by atoms with van der Waals surface area (Å²) in [6.45, 7) is 2.66. The molecule has 21 heavy (non-hydrogen) atoms. The zero-order valence-electron chi connectivity index (χ0n) is 11.7. The molecule has 7 heteroatoms. The normalized spacial score (nSPS) is 15.1. The summed E-state index contributed by atoms with van der Waals surface area (Å²) in [5.74, 6) is -1.24. The summed E-state index contributed by atoms with van der Waals surface area (Å²) in [4.78, 5) is 36.1. The number of nitrogens with one attached hydrogen (secondary N) is 2. The van der Waals surface area contributed by atoms with Crippen LogP contribution in [-0.2, 0) is 4.79 Å². The highest BCUT2D eigenvalue weighted by molar-refractivity contribution is 5.96. The summed E-state index contributed by atoms with van der Waals surface area (Å²) < 4.78 is 0. The summed E-state index contributed by atoms with van der Waals surface area (Å²) in [6, 6.07) is 4.28. The third kappa shape index (κ3) is 3.50. The molecular formula is C14H17N3O4. The van der Waals surface area contributed by atoms with Gasteiger partial charge in [-0.3, -0.25) is 4.79 Å². The second-order valence-corrected chi connectivity index (χ2v) is 4.84. The van der Waals surface area contributed by atoms with Crippen LogP contribution in [0.5, 0.6) is 0 Å². The number of rotatable bonds is 2. The lowest BCUT2D eigenvalue weighted by Crippen LogP contribution is -2.40. The molecule has 1 aromatic rings. The molecule has 1 fully saturated rings. The van der Waals surface area contributed by atoms with Gasteiger partial charge in [-0.2, -0.15) is 0 Å². The van der Waals surface area contributed by atoms with E-state index in [4.69, 9.17) is 5.11 Å². The average Bonchev–Trinajstić information content (AvgIpc) is 2.65. The highest BCUT2D eigenvalue weighted by Gasteiger charge is 2.20. The molecule has 0 radical (unpaired) electrons. The minimum absolute atomic E-state index is 0.00347. The molecule has 0 bridgehead atoms. The van der Waals surface area contributed by atoms with E-state index < -0.39 is 12.0 Å². The molecule has 0 unspecified atom stereocenters. The monoisotopic (exact) mass is 291 g/mol. The number of urea groups is 1. The number of carbonyl (C=O) groups excluding carboxylic acids is 2. The third-order valence-electron chi connectivity index (χ3n) is 3.35. The summed E-state index contributed by atoms with van der Waals surface area (Å²) >= 11 is 0. The molecule has 1 saturated heterocycles. The molecule has 1 aliphatic heterocycles. The molecule has 112 valence electrons. The topological polar surface area (TPSA) is 98.7 Å². The number of benzene rings is 1. The summed E-state index contributed by atoms with van der Waals surface area (Å²) in [7, 11) is 0. The highest BCUT2D eigenvalue weighted by atomic mass is 16.4. The molecule has 1 heterocycles. The first-order valence-electron chi connectivity index (χ1n) is 6.64. The van der Waals surface area contributed by atoms with Gasteiger partial charge in [-0.25, -0.2) is 9.59 Å². The van der Waals surface area contributed by atoms with Gasteiger partial charge < -0.3 is 20.6 Å². The van der Waals surface area contributed by atoms with Gasteiger partial charge in [0.25, 0.3) is 0 Å². The van der Waals surface area contributed by atoms with Crippen LogP contribution in [0.1, 0.15) is 22.3 Å².